The molecule has 1 aliphatic heterocycles. The van der Waals surface area contributed by atoms with E-state index in [1.54, 1.807) is 0 Å². The molecule has 0 saturated carbocycles. The lowest BCUT2D eigenvalue weighted by atomic mass is 9.66. The highest BCUT2D eigenvalue weighted by molar-refractivity contribution is 7.25. The quantitative estimate of drug-likeness (QED) is 0.151. The summed E-state index contributed by atoms with van der Waals surface area (Å²) in [5.41, 5.74) is 16.5. The van der Waals surface area contributed by atoms with E-state index in [-0.39, 0.29) is 5.92 Å². The van der Waals surface area contributed by atoms with Gasteiger partial charge in [0.1, 0.15) is 11.5 Å². The molecule has 10 aromatic carbocycles. The number of fused-ring (bicyclic) bond motifs is 12. The number of benzene rings is 10. The second-order valence-electron chi connectivity index (χ2n) is 17.6. The Labute approximate surface area is 389 Å². The first kappa shape index (κ1) is 38.5. The fraction of sp³-hybridized carbons (Fsp3) is 0.0476. The second-order valence-corrected chi connectivity index (χ2v) is 18.6. The van der Waals surface area contributed by atoms with Crippen LogP contribution in [-0.4, -0.2) is 0 Å². The van der Waals surface area contributed by atoms with Crippen molar-refractivity contribution in [3.63, 3.8) is 0 Å². The highest BCUT2D eigenvalue weighted by Crippen LogP contribution is 2.62. The van der Waals surface area contributed by atoms with Crippen molar-refractivity contribution in [1.29, 1.82) is 0 Å². The number of nitrogens with zero attached hydrogens (tertiary/aromatic N) is 1. The topological polar surface area (TPSA) is 12.5 Å². The molecule has 0 radical (unpaired) electrons. The molecule has 0 amide bonds. The molecule has 0 N–H and O–H groups in total. The summed E-state index contributed by atoms with van der Waals surface area (Å²) >= 11 is 1.85. The average Bonchev–Trinajstić information content (AvgIpc) is 3.90. The Morgan fingerprint density at radius 3 is 1.61 bits per heavy atom. The summed E-state index contributed by atoms with van der Waals surface area (Å²) in [6, 6.07) is 88.9. The first-order valence-corrected chi connectivity index (χ1v) is 23.6. The van der Waals surface area contributed by atoms with E-state index in [0.29, 0.717) is 0 Å². The number of anilines is 3. The Kier molecular flexibility index (Phi) is 9.11. The lowest BCUT2D eigenvalue weighted by Crippen LogP contribution is -2.32. The van der Waals surface area contributed by atoms with Crippen LogP contribution in [0.1, 0.15) is 44.9 Å². The Morgan fingerprint density at radius 2 is 0.909 bits per heavy atom. The number of thiophene rings is 1. The van der Waals surface area contributed by atoms with E-state index in [1.807, 2.05) is 11.3 Å². The minimum Gasteiger partial charge on any atom is -0.457 e. The SMILES string of the molecule is c1ccc(C(Cc2ccc(-c3ccc(N(c4ccc5c(c4)Oc4ccccc4C54c5ccccc5-c5ccccc54)c4ccc5c(c4)sc4ccccc45)cc3)cc2)c2ccccc2)cc1. The minimum absolute atomic E-state index is 0.286. The largest absolute Gasteiger partial charge is 0.457 e. The Hall–Kier alpha value is -7.98. The third-order valence-corrected chi connectivity index (χ3v) is 15.1. The van der Waals surface area contributed by atoms with Gasteiger partial charge in [-0.05, 0) is 99.0 Å². The maximum Gasteiger partial charge on any atom is 0.134 e. The monoisotopic (exact) mass is 861 g/mol. The van der Waals surface area contributed by atoms with Crippen LogP contribution in [0.5, 0.6) is 11.5 Å². The van der Waals surface area contributed by atoms with Gasteiger partial charge < -0.3 is 9.64 Å². The van der Waals surface area contributed by atoms with Crippen molar-refractivity contribution in [2.24, 2.45) is 0 Å². The van der Waals surface area contributed by atoms with E-state index >= 15 is 0 Å². The number of para-hydroxylation sites is 1. The van der Waals surface area contributed by atoms with Gasteiger partial charge in [0.25, 0.3) is 0 Å². The van der Waals surface area contributed by atoms with Crippen LogP contribution in [0.15, 0.2) is 243 Å². The van der Waals surface area contributed by atoms with Crippen LogP contribution in [0.4, 0.5) is 17.1 Å². The first-order chi connectivity index (χ1) is 32.7. The van der Waals surface area contributed by atoms with Crippen molar-refractivity contribution in [2.75, 3.05) is 4.90 Å². The lowest BCUT2D eigenvalue weighted by Gasteiger charge is -2.40. The van der Waals surface area contributed by atoms with E-state index in [1.165, 1.54) is 75.8 Å². The summed E-state index contributed by atoms with van der Waals surface area (Å²) in [6.45, 7) is 0. The summed E-state index contributed by atoms with van der Waals surface area (Å²) < 4.78 is 9.56. The molecular formula is C63H43NOS. The molecule has 2 aliphatic rings. The number of rotatable bonds is 8. The predicted molar refractivity (Wildman–Crippen MR) is 275 cm³/mol. The van der Waals surface area contributed by atoms with Gasteiger partial charge in [-0.3, -0.25) is 0 Å². The molecule has 2 nitrogen and oxygen atoms in total. The number of ether oxygens (including phenoxy) is 1. The molecule has 3 heteroatoms. The fourth-order valence-corrected chi connectivity index (χ4v) is 12.1. The zero-order chi connectivity index (χ0) is 43.6. The van der Waals surface area contributed by atoms with Gasteiger partial charge in [0.2, 0.25) is 0 Å². The van der Waals surface area contributed by atoms with E-state index in [9.17, 15) is 0 Å². The average molecular weight is 862 g/mol. The Morgan fingerprint density at radius 1 is 0.394 bits per heavy atom. The molecule has 1 aromatic heterocycles. The molecule has 13 rings (SSSR count). The van der Waals surface area contributed by atoms with Gasteiger partial charge in [-0.15, -0.1) is 11.3 Å². The van der Waals surface area contributed by atoms with Crippen LogP contribution in [0.2, 0.25) is 0 Å². The zero-order valence-corrected chi connectivity index (χ0v) is 37.0. The van der Waals surface area contributed by atoms with Crippen LogP contribution < -0.4 is 9.64 Å². The summed E-state index contributed by atoms with van der Waals surface area (Å²) in [7, 11) is 0. The Bertz CT molecular complexity index is 3510. The molecule has 1 spiro atoms. The standard InChI is InChI=1S/C63H43NOS/c1-3-15-45(16-4-1)54(46-17-5-2-6-18-46)39-42-27-29-43(30-28-42)44-31-33-47(34-32-44)64(49-35-37-53-52-21-9-14-26-61(52)66-62(53)41-49)48-36-38-58-60(40-48)65-59-25-13-12-24-57(59)63(58)55-22-10-7-19-50(55)51-20-8-11-23-56(51)63/h1-38,40-41,54H,39H2. The van der Waals surface area contributed by atoms with E-state index in [0.717, 1.165) is 40.5 Å². The summed E-state index contributed by atoms with van der Waals surface area (Å²) in [4.78, 5) is 2.39. The van der Waals surface area contributed by atoms with E-state index in [2.05, 4.69) is 248 Å². The van der Waals surface area contributed by atoms with E-state index < -0.39 is 5.41 Å². The van der Waals surface area contributed by atoms with Crippen LogP contribution >= 0.6 is 11.3 Å². The maximum absolute atomic E-state index is 7.00. The van der Waals surface area contributed by atoms with Crippen molar-refractivity contribution in [3.8, 4) is 33.8 Å². The van der Waals surface area contributed by atoms with Gasteiger partial charge in [0, 0.05) is 60.3 Å². The number of hydrogen-bond acceptors (Lipinski definition) is 3. The highest BCUT2D eigenvalue weighted by atomic mass is 32.1. The third-order valence-electron chi connectivity index (χ3n) is 14.0. The fourth-order valence-electron chi connectivity index (χ4n) is 11.0. The molecule has 0 fully saturated rings. The van der Waals surface area contributed by atoms with E-state index in [4.69, 9.17) is 4.74 Å². The molecule has 0 atom stereocenters. The maximum atomic E-state index is 7.00. The molecule has 0 bridgehead atoms. The Balaban J connectivity index is 0.903. The van der Waals surface area contributed by atoms with Crippen LogP contribution in [0.3, 0.4) is 0 Å². The minimum atomic E-state index is -0.516. The normalized spacial score (nSPS) is 13.0. The second kappa shape index (κ2) is 15.6. The molecule has 11 aromatic rings. The van der Waals surface area contributed by atoms with Gasteiger partial charge >= 0.3 is 0 Å². The van der Waals surface area contributed by atoms with Gasteiger partial charge in [0.15, 0.2) is 0 Å². The number of hydrogen-bond donors (Lipinski definition) is 0. The highest BCUT2D eigenvalue weighted by Gasteiger charge is 2.51. The van der Waals surface area contributed by atoms with Gasteiger partial charge in [-0.25, -0.2) is 0 Å². The molecule has 0 unspecified atom stereocenters. The molecule has 66 heavy (non-hydrogen) atoms. The summed E-state index contributed by atoms with van der Waals surface area (Å²) in [5, 5.41) is 2.58. The van der Waals surface area contributed by atoms with Crippen LogP contribution in [0.25, 0.3) is 42.4 Å². The van der Waals surface area contributed by atoms with Gasteiger partial charge in [-0.2, -0.15) is 0 Å². The first-order valence-electron chi connectivity index (χ1n) is 22.8. The van der Waals surface area contributed by atoms with Crippen molar-refractivity contribution in [2.45, 2.75) is 17.8 Å². The molecule has 312 valence electrons. The van der Waals surface area contributed by atoms with Crippen molar-refractivity contribution < 1.29 is 4.74 Å². The summed E-state index contributed by atoms with van der Waals surface area (Å²) in [5.74, 6) is 2.04. The third kappa shape index (κ3) is 6.15. The van der Waals surface area contributed by atoms with Crippen LogP contribution in [0, 0.1) is 0 Å². The molecule has 2 heterocycles. The van der Waals surface area contributed by atoms with Crippen molar-refractivity contribution in [1.82, 2.24) is 0 Å². The lowest BCUT2D eigenvalue weighted by molar-refractivity contribution is 0.436. The van der Waals surface area contributed by atoms with Gasteiger partial charge in [0.05, 0.1) is 5.41 Å². The van der Waals surface area contributed by atoms with Crippen molar-refractivity contribution in [3.05, 3.63) is 282 Å². The molecule has 1 aliphatic carbocycles. The molecule has 0 saturated heterocycles. The van der Waals surface area contributed by atoms with Crippen LogP contribution in [-0.2, 0) is 11.8 Å². The zero-order valence-electron chi connectivity index (χ0n) is 36.1. The molecular weight excluding hydrogens is 819 g/mol. The smallest absolute Gasteiger partial charge is 0.134 e. The predicted octanol–water partition coefficient (Wildman–Crippen LogP) is 17.0. The van der Waals surface area contributed by atoms with Crippen molar-refractivity contribution >= 4 is 48.6 Å². The summed E-state index contributed by atoms with van der Waals surface area (Å²) in [6.07, 6.45) is 0.933. The van der Waals surface area contributed by atoms with Gasteiger partial charge in [-0.1, -0.05) is 194 Å².